The van der Waals surface area contributed by atoms with Gasteiger partial charge in [-0.3, -0.25) is 0 Å². The number of ether oxygens (including phenoxy) is 1. The minimum atomic E-state index is 0.449. The van der Waals surface area contributed by atoms with Crippen molar-refractivity contribution in [3.8, 4) is 39.1 Å². The van der Waals surface area contributed by atoms with Crippen molar-refractivity contribution in [2.24, 2.45) is 0 Å². The molecule has 0 unspecified atom stereocenters. The Morgan fingerprint density at radius 1 is 0.492 bits per heavy atom. The molecular formula is C61H44N2O2. The van der Waals surface area contributed by atoms with Crippen LogP contribution in [0.5, 0.6) is 5.75 Å². The number of nitrogens with two attached hydrogens (primary N) is 1. The molecule has 0 radical (unpaired) electrons. The smallest absolute Gasteiger partial charge is 0.150 e. The molecule has 2 N–H and O–H groups in total. The fourth-order valence-electron chi connectivity index (χ4n) is 9.77. The van der Waals surface area contributed by atoms with E-state index in [0.29, 0.717) is 18.0 Å². The number of hydrogen-bond acceptors (Lipinski definition) is 4. The maximum Gasteiger partial charge on any atom is 0.150 e. The minimum Gasteiger partial charge on any atom is -0.486 e. The van der Waals surface area contributed by atoms with E-state index in [1.54, 1.807) is 0 Å². The Balaban J connectivity index is 1.02. The third kappa shape index (κ3) is 6.97. The van der Waals surface area contributed by atoms with Gasteiger partial charge in [-0.1, -0.05) is 164 Å². The minimum absolute atomic E-state index is 0.449. The second kappa shape index (κ2) is 16.1. The molecule has 310 valence electrons. The van der Waals surface area contributed by atoms with Gasteiger partial charge in [0.25, 0.3) is 0 Å². The van der Waals surface area contributed by atoms with Crippen molar-refractivity contribution >= 4 is 72.3 Å². The summed E-state index contributed by atoms with van der Waals surface area (Å²) in [6.45, 7) is 0.449. The molecule has 0 amide bonds. The first kappa shape index (κ1) is 38.3. The molecule has 1 heterocycles. The average molecular weight is 837 g/mol. The number of benzene rings is 10. The highest BCUT2D eigenvalue weighted by molar-refractivity contribution is 6.10. The molecule has 4 heteroatoms. The van der Waals surface area contributed by atoms with E-state index in [0.717, 1.165) is 112 Å². The van der Waals surface area contributed by atoms with Crippen LogP contribution in [-0.4, -0.2) is 0 Å². The standard InChI is InChI=1S/C61H44N2O2/c62-57-34-27-47-36-46(26-31-53(47)61(57)64-39-40-23-24-41-13-7-8-19-45(41)35-40)50-32-28-48(37-56(50)43-16-5-2-6-17-43)63(49-29-33-55-54-21-11-12-22-58(54)65-59(55)38-49)60-51-20-10-9-18-44(51)25-30-52(60)42-14-3-1-4-15-42/h1-7,9-18,20-38H,8,19,39,62H2. The van der Waals surface area contributed by atoms with Gasteiger partial charge in [-0.15, -0.1) is 0 Å². The monoisotopic (exact) mass is 836 g/mol. The maximum atomic E-state index is 6.64. The molecule has 0 spiro atoms. The van der Waals surface area contributed by atoms with Gasteiger partial charge in [0.1, 0.15) is 17.8 Å². The van der Waals surface area contributed by atoms with E-state index in [1.807, 2.05) is 18.2 Å². The van der Waals surface area contributed by atoms with Crippen LogP contribution in [0.3, 0.4) is 0 Å². The number of para-hydroxylation sites is 1. The van der Waals surface area contributed by atoms with Crippen LogP contribution in [0.1, 0.15) is 23.1 Å². The van der Waals surface area contributed by atoms with Gasteiger partial charge in [0, 0.05) is 44.5 Å². The van der Waals surface area contributed by atoms with E-state index >= 15 is 0 Å². The zero-order valence-electron chi connectivity index (χ0n) is 35.7. The lowest BCUT2D eigenvalue weighted by molar-refractivity contribution is 0.311. The first-order valence-electron chi connectivity index (χ1n) is 22.3. The van der Waals surface area contributed by atoms with Crippen LogP contribution in [0.25, 0.3) is 82.9 Å². The van der Waals surface area contributed by atoms with E-state index in [-0.39, 0.29) is 0 Å². The third-order valence-electron chi connectivity index (χ3n) is 13.0. The highest BCUT2D eigenvalue weighted by Gasteiger charge is 2.23. The number of furan rings is 1. The molecule has 4 nitrogen and oxygen atoms in total. The number of nitrogens with zero attached hydrogens (tertiary/aromatic N) is 1. The van der Waals surface area contributed by atoms with Gasteiger partial charge in [0.05, 0.1) is 11.4 Å². The number of aryl methyl sites for hydroxylation is 1. The third-order valence-corrected chi connectivity index (χ3v) is 13.0. The molecule has 0 saturated carbocycles. The van der Waals surface area contributed by atoms with Gasteiger partial charge < -0.3 is 19.8 Å². The number of nitrogen functional groups attached to an aromatic ring is 1. The molecule has 1 aliphatic rings. The molecule has 0 bridgehead atoms. The topological polar surface area (TPSA) is 51.6 Å². The number of allylic oxidation sites excluding steroid dienone is 1. The lowest BCUT2D eigenvalue weighted by Crippen LogP contribution is -2.12. The van der Waals surface area contributed by atoms with Gasteiger partial charge in [0.2, 0.25) is 0 Å². The van der Waals surface area contributed by atoms with Gasteiger partial charge in [0.15, 0.2) is 5.75 Å². The lowest BCUT2D eigenvalue weighted by atomic mass is 9.91. The summed E-state index contributed by atoms with van der Waals surface area (Å²) in [5, 5.41) is 6.57. The second-order valence-corrected chi connectivity index (χ2v) is 16.9. The second-order valence-electron chi connectivity index (χ2n) is 16.9. The Hall–Kier alpha value is -8.34. The molecule has 0 saturated heterocycles. The van der Waals surface area contributed by atoms with Gasteiger partial charge in [-0.25, -0.2) is 0 Å². The molecule has 0 atom stereocenters. The summed E-state index contributed by atoms with van der Waals surface area (Å²) in [5.74, 6) is 0.715. The Morgan fingerprint density at radius 2 is 1.18 bits per heavy atom. The van der Waals surface area contributed by atoms with E-state index in [9.17, 15) is 0 Å². The molecule has 65 heavy (non-hydrogen) atoms. The van der Waals surface area contributed by atoms with Crippen molar-refractivity contribution in [2.45, 2.75) is 19.4 Å². The maximum absolute atomic E-state index is 6.64. The first-order chi connectivity index (χ1) is 32.1. The summed E-state index contributed by atoms with van der Waals surface area (Å²) in [5.41, 5.74) is 22.7. The molecule has 0 aliphatic heterocycles. The number of rotatable bonds is 9. The van der Waals surface area contributed by atoms with Gasteiger partial charge >= 0.3 is 0 Å². The zero-order valence-corrected chi connectivity index (χ0v) is 35.7. The Kier molecular flexibility index (Phi) is 9.49. The van der Waals surface area contributed by atoms with Crippen LogP contribution >= 0.6 is 0 Å². The molecule has 1 aromatic heterocycles. The van der Waals surface area contributed by atoms with Crippen LogP contribution in [0.2, 0.25) is 0 Å². The van der Waals surface area contributed by atoms with E-state index in [4.69, 9.17) is 14.9 Å². The summed E-state index contributed by atoms with van der Waals surface area (Å²) in [6, 6.07) is 73.7. The number of fused-ring (bicyclic) bond motifs is 6. The summed E-state index contributed by atoms with van der Waals surface area (Å²) in [4.78, 5) is 2.42. The highest BCUT2D eigenvalue weighted by Crippen LogP contribution is 2.48. The average Bonchev–Trinajstić information content (AvgIpc) is 3.74. The van der Waals surface area contributed by atoms with Crippen LogP contribution in [0.4, 0.5) is 22.7 Å². The molecule has 12 rings (SSSR count). The van der Waals surface area contributed by atoms with Crippen molar-refractivity contribution in [2.75, 3.05) is 10.6 Å². The van der Waals surface area contributed by atoms with Crippen LogP contribution in [0.15, 0.2) is 217 Å². The van der Waals surface area contributed by atoms with Crippen molar-refractivity contribution in [3.63, 3.8) is 0 Å². The quantitative estimate of drug-likeness (QED) is 0.147. The fourth-order valence-corrected chi connectivity index (χ4v) is 9.77. The summed E-state index contributed by atoms with van der Waals surface area (Å²) < 4.78 is 13.1. The normalized spacial score (nSPS) is 12.2. The summed E-state index contributed by atoms with van der Waals surface area (Å²) in [7, 11) is 0. The van der Waals surface area contributed by atoms with Gasteiger partial charge in [-0.2, -0.15) is 0 Å². The van der Waals surface area contributed by atoms with Crippen LogP contribution in [0, 0.1) is 0 Å². The summed E-state index contributed by atoms with van der Waals surface area (Å²) in [6.07, 6.45) is 6.58. The largest absolute Gasteiger partial charge is 0.486 e. The van der Waals surface area contributed by atoms with Crippen molar-refractivity contribution in [1.82, 2.24) is 0 Å². The fraction of sp³-hybridized carbons (Fsp3) is 0.0492. The Morgan fingerprint density at radius 3 is 2.05 bits per heavy atom. The van der Waals surface area contributed by atoms with E-state index < -0.39 is 0 Å². The lowest BCUT2D eigenvalue weighted by Gasteiger charge is -2.30. The first-order valence-corrected chi connectivity index (χ1v) is 22.3. The SMILES string of the molecule is Nc1ccc2cc(-c3ccc(N(c4ccc5c(c4)oc4ccccc45)c4c(-c5ccccc5)ccc5ccccc45)cc3-c3ccccc3)ccc2c1OCc1ccc2c(c1)CCC=C2. The van der Waals surface area contributed by atoms with Crippen molar-refractivity contribution in [1.29, 1.82) is 0 Å². The molecule has 1 aliphatic carbocycles. The molecule has 0 fully saturated rings. The van der Waals surface area contributed by atoms with E-state index in [2.05, 4.69) is 205 Å². The Labute approximate surface area is 378 Å². The predicted octanol–water partition coefficient (Wildman–Crippen LogP) is 16.5. The highest BCUT2D eigenvalue weighted by atomic mass is 16.5. The Bertz CT molecular complexity index is 3630. The number of hydrogen-bond donors (Lipinski definition) is 1. The van der Waals surface area contributed by atoms with Crippen LogP contribution < -0.4 is 15.4 Å². The van der Waals surface area contributed by atoms with Crippen LogP contribution in [-0.2, 0) is 13.0 Å². The molecular weight excluding hydrogens is 793 g/mol. The zero-order chi connectivity index (χ0) is 43.3. The van der Waals surface area contributed by atoms with Crippen molar-refractivity contribution in [3.05, 3.63) is 229 Å². The summed E-state index contributed by atoms with van der Waals surface area (Å²) >= 11 is 0. The van der Waals surface area contributed by atoms with Crippen molar-refractivity contribution < 1.29 is 9.15 Å². The molecule has 11 aromatic rings. The predicted molar refractivity (Wildman–Crippen MR) is 272 cm³/mol. The number of anilines is 4. The van der Waals surface area contributed by atoms with E-state index in [1.165, 1.54) is 11.1 Å². The van der Waals surface area contributed by atoms with Gasteiger partial charge in [-0.05, 0) is 117 Å². The molecule has 10 aromatic carbocycles.